The molecule has 82 valence electrons. The summed E-state index contributed by atoms with van der Waals surface area (Å²) in [6, 6.07) is 9.99. The Morgan fingerprint density at radius 2 is 2.00 bits per heavy atom. The first-order valence-electron chi connectivity index (χ1n) is 4.98. The fraction of sp³-hybridized carbons (Fsp3) is 0.333. The van der Waals surface area contributed by atoms with E-state index in [2.05, 4.69) is 11.5 Å². The Labute approximate surface area is 95.8 Å². The average Bonchev–Trinajstić information content (AvgIpc) is 2.25. The summed E-state index contributed by atoms with van der Waals surface area (Å²) in [5, 5.41) is 9.42. The van der Waals surface area contributed by atoms with Gasteiger partial charge in [-0.25, -0.2) is 0 Å². The molecular formula is C12H16ClNO. The SMILES string of the molecule is C=C(Cl)CN(CCCO)c1ccccc1. The molecule has 1 N–H and O–H groups in total. The molecule has 0 amide bonds. The zero-order valence-corrected chi connectivity index (χ0v) is 9.45. The molecular weight excluding hydrogens is 210 g/mol. The maximum Gasteiger partial charge on any atom is 0.0530 e. The molecule has 3 heteroatoms. The second-order valence-electron chi connectivity index (χ2n) is 3.35. The molecule has 1 aromatic rings. The van der Waals surface area contributed by atoms with Crippen LogP contribution in [0.5, 0.6) is 0 Å². The minimum Gasteiger partial charge on any atom is -0.396 e. The lowest BCUT2D eigenvalue weighted by Gasteiger charge is -2.23. The number of anilines is 1. The van der Waals surface area contributed by atoms with Crippen LogP contribution in [0.15, 0.2) is 41.9 Å². The molecule has 0 atom stereocenters. The van der Waals surface area contributed by atoms with Crippen LogP contribution >= 0.6 is 11.6 Å². The van der Waals surface area contributed by atoms with Crippen LogP contribution in [-0.2, 0) is 0 Å². The van der Waals surface area contributed by atoms with Crippen molar-refractivity contribution in [2.45, 2.75) is 6.42 Å². The van der Waals surface area contributed by atoms with Crippen molar-refractivity contribution in [3.8, 4) is 0 Å². The first-order valence-corrected chi connectivity index (χ1v) is 5.36. The van der Waals surface area contributed by atoms with Crippen molar-refractivity contribution in [3.05, 3.63) is 41.9 Å². The first-order chi connectivity index (χ1) is 7.24. The fourth-order valence-electron chi connectivity index (χ4n) is 1.41. The van der Waals surface area contributed by atoms with Gasteiger partial charge in [0.1, 0.15) is 0 Å². The van der Waals surface area contributed by atoms with E-state index in [4.69, 9.17) is 16.7 Å². The van der Waals surface area contributed by atoms with Crippen molar-refractivity contribution in [1.82, 2.24) is 0 Å². The van der Waals surface area contributed by atoms with Crippen molar-refractivity contribution in [3.63, 3.8) is 0 Å². The van der Waals surface area contributed by atoms with Crippen molar-refractivity contribution < 1.29 is 5.11 Å². The van der Waals surface area contributed by atoms with E-state index in [9.17, 15) is 0 Å². The number of para-hydroxylation sites is 1. The van der Waals surface area contributed by atoms with Gasteiger partial charge in [0.2, 0.25) is 0 Å². The molecule has 0 heterocycles. The molecule has 0 aliphatic carbocycles. The molecule has 0 radical (unpaired) electrons. The van der Waals surface area contributed by atoms with Gasteiger partial charge in [-0.1, -0.05) is 36.4 Å². The van der Waals surface area contributed by atoms with Crippen molar-refractivity contribution in [2.75, 3.05) is 24.6 Å². The number of halogens is 1. The Morgan fingerprint density at radius 1 is 1.33 bits per heavy atom. The lowest BCUT2D eigenvalue weighted by Crippen LogP contribution is -2.26. The zero-order valence-electron chi connectivity index (χ0n) is 8.69. The van der Waals surface area contributed by atoms with Crippen LogP contribution in [0.4, 0.5) is 5.69 Å². The standard InChI is InChI=1S/C12H16ClNO/c1-11(13)10-14(8-5-9-15)12-6-3-2-4-7-12/h2-4,6-7,15H,1,5,8-10H2. The third-order valence-corrected chi connectivity index (χ3v) is 2.19. The molecule has 2 nitrogen and oxygen atoms in total. The smallest absolute Gasteiger partial charge is 0.0530 e. The number of rotatable bonds is 6. The van der Waals surface area contributed by atoms with Crippen molar-refractivity contribution >= 4 is 17.3 Å². The summed E-state index contributed by atoms with van der Waals surface area (Å²) >= 11 is 5.80. The number of hydrogen-bond acceptors (Lipinski definition) is 2. The van der Waals surface area contributed by atoms with Gasteiger partial charge in [-0.15, -0.1) is 0 Å². The van der Waals surface area contributed by atoms with Gasteiger partial charge in [-0.2, -0.15) is 0 Å². The van der Waals surface area contributed by atoms with E-state index >= 15 is 0 Å². The molecule has 1 rings (SSSR count). The third-order valence-electron chi connectivity index (χ3n) is 2.07. The van der Waals surface area contributed by atoms with Crippen LogP contribution in [0.3, 0.4) is 0 Å². The lowest BCUT2D eigenvalue weighted by molar-refractivity contribution is 0.290. The van der Waals surface area contributed by atoms with E-state index in [0.717, 1.165) is 18.7 Å². The highest BCUT2D eigenvalue weighted by atomic mass is 35.5. The molecule has 0 aromatic heterocycles. The van der Waals surface area contributed by atoms with Gasteiger partial charge in [0, 0.05) is 23.9 Å². The Balaban J connectivity index is 2.67. The second kappa shape index (κ2) is 6.49. The van der Waals surface area contributed by atoms with Crippen LogP contribution < -0.4 is 4.90 Å². The van der Waals surface area contributed by atoms with Gasteiger partial charge in [0.05, 0.1) is 6.54 Å². The molecule has 0 bridgehead atoms. The number of aliphatic hydroxyl groups excluding tert-OH is 1. The van der Waals surface area contributed by atoms with Crippen LogP contribution in [-0.4, -0.2) is 24.8 Å². The van der Waals surface area contributed by atoms with Gasteiger partial charge in [-0.3, -0.25) is 0 Å². The summed E-state index contributed by atoms with van der Waals surface area (Å²) in [6.07, 6.45) is 0.735. The normalized spacial score (nSPS) is 10.0. The largest absolute Gasteiger partial charge is 0.396 e. The molecule has 15 heavy (non-hydrogen) atoms. The highest BCUT2D eigenvalue weighted by Gasteiger charge is 2.05. The molecule has 0 fully saturated rings. The molecule has 0 saturated carbocycles. The first kappa shape index (κ1) is 12.1. The van der Waals surface area contributed by atoms with Gasteiger partial charge >= 0.3 is 0 Å². The Hall–Kier alpha value is -0.990. The summed E-state index contributed by atoms with van der Waals surface area (Å²) in [5.41, 5.74) is 1.10. The highest BCUT2D eigenvalue weighted by Crippen LogP contribution is 2.15. The van der Waals surface area contributed by atoms with Crippen molar-refractivity contribution in [2.24, 2.45) is 0 Å². The van der Waals surface area contributed by atoms with Crippen LogP contribution in [0, 0.1) is 0 Å². The Morgan fingerprint density at radius 3 is 2.53 bits per heavy atom. The van der Waals surface area contributed by atoms with Gasteiger partial charge < -0.3 is 10.0 Å². The summed E-state index contributed by atoms with van der Waals surface area (Å²) in [6.45, 7) is 5.28. The van der Waals surface area contributed by atoms with E-state index in [0.29, 0.717) is 11.6 Å². The zero-order chi connectivity index (χ0) is 11.1. The minimum atomic E-state index is 0.193. The summed E-state index contributed by atoms with van der Waals surface area (Å²) in [7, 11) is 0. The fourth-order valence-corrected chi connectivity index (χ4v) is 1.55. The van der Waals surface area contributed by atoms with E-state index in [-0.39, 0.29) is 6.61 Å². The van der Waals surface area contributed by atoms with E-state index < -0.39 is 0 Å². The van der Waals surface area contributed by atoms with Crippen LogP contribution in [0.25, 0.3) is 0 Å². The van der Waals surface area contributed by atoms with Crippen LogP contribution in [0.1, 0.15) is 6.42 Å². The summed E-state index contributed by atoms with van der Waals surface area (Å²) < 4.78 is 0. The Bertz CT molecular complexity index is 300. The van der Waals surface area contributed by atoms with Gasteiger partial charge in [-0.05, 0) is 18.6 Å². The molecule has 0 unspecified atom stereocenters. The van der Waals surface area contributed by atoms with Crippen LogP contribution in [0.2, 0.25) is 0 Å². The number of nitrogens with zero attached hydrogens (tertiary/aromatic N) is 1. The molecule has 0 aliphatic rings. The predicted molar refractivity (Wildman–Crippen MR) is 65.4 cm³/mol. The van der Waals surface area contributed by atoms with Gasteiger partial charge in [0.25, 0.3) is 0 Å². The Kier molecular flexibility index (Phi) is 5.22. The molecule has 0 saturated heterocycles. The van der Waals surface area contributed by atoms with E-state index in [1.807, 2.05) is 30.3 Å². The van der Waals surface area contributed by atoms with Crippen molar-refractivity contribution in [1.29, 1.82) is 0 Å². The topological polar surface area (TPSA) is 23.5 Å². The summed E-state index contributed by atoms with van der Waals surface area (Å²) in [5.74, 6) is 0. The quantitative estimate of drug-likeness (QED) is 0.805. The maximum atomic E-state index is 8.81. The average molecular weight is 226 g/mol. The third kappa shape index (κ3) is 4.36. The number of hydrogen-bond donors (Lipinski definition) is 1. The minimum absolute atomic E-state index is 0.193. The van der Waals surface area contributed by atoms with Gasteiger partial charge in [0.15, 0.2) is 0 Å². The lowest BCUT2D eigenvalue weighted by atomic mass is 10.2. The highest BCUT2D eigenvalue weighted by molar-refractivity contribution is 6.29. The number of aliphatic hydroxyl groups is 1. The van der Waals surface area contributed by atoms with E-state index in [1.54, 1.807) is 0 Å². The molecule has 0 aliphatic heterocycles. The predicted octanol–water partition coefficient (Wildman–Crippen LogP) is 2.63. The summed E-state index contributed by atoms with van der Waals surface area (Å²) in [4.78, 5) is 2.10. The monoisotopic (exact) mass is 225 g/mol. The maximum absolute atomic E-state index is 8.81. The number of benzene rings is 1. The molecule has 1 aromatic carbocycles. The second-order valence-corrected chi connectivity index (χ2v) is 3.89. The van der Waals surface area contributed by atoms with E-state index in [1.165, 1.54) is 0 Å². The molecule has 0 spiro atoms.